The van der Waals surface area contributed by atoms with Crippen molar-refractivity contribution in [3.63, 3.8) is 0 Å². The van der Waals surface area contributed by atoms with Crippen molar-refractivity contribution in [2.45, 2.75) is 31.6 Å². The third-order valence-electron chi connectivity index (χ3n) is 3.63. The van der Waals surface area contributed by atoms with Crippen molar-refractivity contribution in [2.24, 2.45) is 0 Å². The van der Waals surface area contributed by atoms with Crippen molar-refractivity contribution in [2.75, 3.05) is 4.72 Å². The van der Waals surface area contributed by atoms with E-state index in [0.717, 1.165) is 15.8 Å². The van der Waals surface area contributed by atoms with E-state index >= 15 is 0 Å². The van der Waals surface area contributed by atoms with Gasteiger partial charge < -0.3 is 0 Å². The second-order valence-electron chi connectivity index (χ2n) is 5.82. The Labute approximate surface area is 140 Å². The standard InChI is InChI=1S/C17H18N2O2S2/c1-11(2)13-6-9-15-16(10-13)22-17(18-15)19-23(20,21)14-7-4-12(3)5-8-14/h4-11H,1-3H3,(H,18,19). The van der Waals surface area contributed by atoms with Gasteiger partial charge in [-0.2, -0.15) is 0 Å². The van der Waals surface area contributed by atoms with Crippen molar-refractivity contribution < 1.29 is 8.42 Å². The Balaban J connectivity index is 1.93. The minimum atomic E-state index is -3.61. The number of rotatable bonds is 4. The Kier molecular flexibility index (Phi) is 4.12. The lowest BCUT2D eigenvalue weighted by Crippen LogP contribution is -2.12. The monoisotopic (exact) mass is 346 g/mol. The van der Waals surface area contributed by atoms with Gasteiger partial charge in [-0.15, -0.1) is 0 Å². The van der Waals surface area contributed by atoms with E-state index in [1.807, 2.05) is 19.1 Å². The summed E-state index contributed by atoms with van der Waals surface area (Å²) in [4.78, 5) is 4.61. The largest absolute Gasteiger partial charge is 0.263 e. The van der Waals surface area contributed by atoms with Crippen molar-refractivity contribution in [3.05, 3.63) is 53.6 Å². The van der Waals surface area contributed by atoms with Crippen LogP contribution in [0.5, 0.6) is 0 Å². The van der Waals surface area contributed by atoms with Crippen LogP contribution in [0, 0.1) is 6.92 Å². The maximum Gasteiger partial charge on any atom is 0.263 e. The normalized spacial score (nSPS) is 12.0. The van der Waals surface area contributed by atoms with E-state index in [-0.39, 0.29) is 4.90 Å². The number of aryl methyl sites for hydroxylation is 1. The second-order valence-corrected chi connectivity index (χ2v) is 8.53. The summed E-state index contributed by atoms with van der Waals surface area (Å²) in [5, 5.41) is 0.390. The molecular formula is C17H18N2O2S2. The second kappa shape index (κ2) is 5.94. The molecule has 0 amide bonds. The number of sulfonamides is 1. The van der Waals surface area contributed by atoms with Gasteiger partial charge in [-0.05, 0) is 42.7 Å². The number of nitrogens with zero attached hydrogens (tertiary/aromatic N) is 1. The zero-order valence-corrected chi connectivity index (χ0v) is 14.8. The Hall–Kier alpha value is -1.92. The molecule has 0 aliphatic heterocycles. The summed E-state index contributed by atoms with van der Waals surface area (Å²) in [5.74, 6) is 0.425. The van der Waals surface area contributed by atoms with Gasteiger partial charge in [0, 0.05) is 0 Å². The summed E-state index contributed by atoms with van der Waals surface area (Å²) in [5.41, 5.74) is 3.04. The number of anilines is 1. The molecular weight excluding hydrogens is 328 g/mol. The lowest BCUT2D eigenvalue weighted by molar-refractivity contribution is 0.601. The van der Waals surface area contributed by atoms with Crippen LogP contribution < -0.4 is 4.72 Å². The molecule has 1 N–H and O–H groups in total. The van der Waals surface area contributed by atoms with Gasteiger partial charge in [-0.3, -0.25) is 4.72 Å². The Morgan fingerprint density at radius 2 is 1.78 bits per heavy atom. The number of hydrogen-bond acceptors (Lipinski definition) is 4. The minimum Gasteiger partial charge on any atom is -0.255 e. The molecule has 0 unspecified atom stereocenters. The highest BCUT2D eigenvalue weighted by molar-refractivity contribution is 7.93. The van der Waals surface area contributed by atoms with Gasteiger partial charge in [0.25, 0.3) is 10.0 Å². The van der Waals surface area contributed by atoms with E-state index in [4.69, 9.17) is 0 Å². The lowest BCUT2D eigenvalue weighted by Gasteiger charge is -2.04. The first-order chi connectivity index (χ1) is 10.8. The van der Waals surface area contributed by atoms with Gasteiger partial charge in [0.15, 0.2) is 5.13 Å². The topological polar surface area (TPSA) is 59.1 Å². The van der Waals surface area contributed by atoms with Crippen LogP contribution in [0.25, 0.3) is 10.2 Å². The highest BCUT2D eigenvalue weighted by Crippen LogP contribution is 2.30. The molecule has 0 spiro atoms. The summed E-state index contributed by atoms with van der Waals surface area (Å²) in [6.07, 6.45) is 0. The van der Waals surface area contributed by atoms with E-state index in [9.17, 15) is 8.42 Å². The Morgan fingerprint density at radius 3 is 2.43 bits per heavy atom. The number of hydrogen-bond donors (Lipinski definition) is 1. The molecule has 4 nitrogen and oxygen atoms in total. The molecule has 0 fully saturated rings. The smallest absolute Gasteiger partial charge is 0.255 e. The van der Waals surface area contributed by atoms with Crippen LogP contribution in [0.15, 0.2) is 47.4 Å². The molecule has 120 valence electrons. The molecule has 1 aromatic heterocycles. The fourth-order valence-electron chi connectivity index (χ4n) is 2.24. The first-order valence-corrected chi connectivity index (χ1v) is 9.65. The lowest BCUT2D eigenvalue weighted by atomic mass is 10.0. The van der Waals surface area contributed by atoms with Crippen molar-refractivity contribution in [3.8, 4) is 0 Å². The highest BCUT2D eigenvalue weighted by Gasteiger charge is 2.16. The molecule has 23 heavy (non-hydrogen) atoms. The molecule has 6 heteroatoms. The number of fused-ring (bicyclic) bond motifs is 1. The van der Waals surface area contributed by atoms with Gasteiger partial charge in [-0.25, -0.2) is 13.4 Å². The molecule has 0 atom stereocenters. The van der Waals surface area contributed by atoms with Crippen LogP contribution in [0.2, 0.25) is 0 Å². The third kappa shape index (κ3) is 3.38. The van der Waals surface area contributed by atoms with Gasteiger partial charge in [-0.1, -0.05) is 48.9 Å². The van der Waals surface area contributed by atoms with Gasteiger partial charge in [0.2, 0.25) is 0 Å². The fraction of sp³-hybridized carbons (Fsp3) is 0.235. The van der Waals surface area contributed by atoms with Crippen LogP contribution >= 0.6 is 11.3 Å². The van der Waals surface area contributed by atoms with E-state index < -0.39 is 10.0 Å². The molecule has 2 aromatic carbocycles. The van der Waals surface area contributed by atoms with E-state index in [1.54, 1.807) is 24.3 Å². The Morgan fingerprint density at radius 1 is 1.09 bits per heavy atom. The van der Waals surface area contributed by atoms with Crippen molar-refractivity contribution in [1.29, 1.82) is 0 Å². The van der Waals surface area contributed by atoms with Crippen LogP contribution in [-0.4, -0.2) is 13.4 Å². The minimum absolute atomic E-state index is 0.241. The highest BCUT2D eigenvalue weighted by atomic mass is 32.2. The summed E-state index contributed by atoms with van der Waals surface area (Å²) in [6.45, 7) is 6.18. The van der Waals surface area contributed by atoms with Crippen molar-refractivity contribution >= 4 is 36.7 Å². The van der Waals surface area contributed by atoms with Crippen molar-refractivity contribution in [1.82, 2.24) is 4.98 Å². The van der Waals surface area contributed by atoms with Gasteiger partial charge in [0.1, 0.15) is 0 Å². The molecule has 0 bridgehead atoms. The summed E-state index contributed by atoms with van der Waals surface area (Å²) < 4.78 is 28.4. The average molecular weight is 346 g/mol. The molecule has 0 radical (unpaired) electrons. The molecule has 0 saturated carbocycles. The molecule has 1 heterocycles. The predicted molar refractivity (Wildman–Crippen MR) is 95.7 cm³/mol. The van der Waals surface area contributed by atoms with Crippen LogP contribution in [0.1, 0.15) is 30.9 Å². The number of nitrogens with one attached hydrogen (secondary N) is 1. The molecule has 3 aromatic rings. The first-order valence-electron chi connectivity index (χ1n) is 7.35. The van der Waals surface area contributed by atoms with Crippen LogP contribution in [0.3, 0.4) is 0 Å². The third-order valence-corrected chi connectivity index (χ3v) is 6.05. The van der Waals surface area contributed by atoms with Crippen LogP contribution in [-0.2, 0) is 10.0 Å². The van der Waals surface area contributed by atoms with E-state index in [0.29, 0.717) is 11.0 Å². The maximum absolute atomic E-state index is 12.4. The molecule has 0 aliphatic carbocycles. The summed E-state index contributed by atoms with van der Waals surface area (Å²) in [6, 6.07) is 12.8. The van der Waals surface area contributed by atoms with E-state index in [1.165, 1.54) is 16.9 Å². The summed E-state index contributed by atoms with van der Waals surface area (Å²) in [7, 11) is -3.61. The number of benzene rings is 2. The average Bonchev–Trinajstić information content (AvgIpc) is 2.87. The number of aromatic nitrogens is 1. The molecule has 0 aliphatic rings. The first kappa shape index (κ1) is 16.0. The SMILES string of the molecule is Cc1ccc(S(=O)(=O)Nc2nc3ccc(C(C)C)cc3s2)cc1. The predicted octanol–water partition coefficient (Wildman–Crippen LogP) is 4.53. The van der Waals surface area contributed by atoms with Gasteiger partial charge >= 0.3 is 0 Å². The zero-order valence-electron chi connectivity index (χ0n) is 13.2. The fourth-order valence-corrected chi connectivity index (χ4v) is 4.38. The maximum atomic E-state index is 12.4. The van der Waals surface area contributed by atoms with Crippen LogP contribution in [0.4, 0.5) is 5.13 Å². The van der Waals surface area contributed by atoms with Gasteiger partial charge in [0.05, 0.1) is 15.1 Å². The Bertz CT molecular complexity index is 942. The summed E-state index contributed by atoms with van der Waals surface area (Å²) >= 11 is 1.35. The molecule has 0 saturated heterocycles. The quantitative estimate of drug-likeness (QED) is 0.755. The number of thiazole rings is 1. The zero-order chi connectivity index (χ0) is 16.6. The molecule has 3 rings (SSSR count). The van der Waals surface area contributed by atoms with E-state index in [2.05, 4.69) is 29.6 Å².